The van der Waals surface area contributed by atoms with E-state index in [4.69, 9.17) is 5.26 Å². The first kappa shape index (κ1) is 11.0. The van der Waals surface area contributed by atoms with Gasteiger partial charge in [0.1, 0.15) is 6.07 Å². The fraction of sp³-hybridized carbons (Fsp3) is 0.571. The van der Waals surface area contributed by atoms with Crippen LogP contribution >= 0.6 is 0 Å². The first-order valence-corrected chi connectivity index (χ1v) is 5.45. The van der Waals surface area contributed by atoms with Gasteiger partial charge in [0.05, 0.1) is 0 Å². The van der Waals surface area contributed by atoms with Crippen molar-refractivity contribution in [3.05, 3.63) is 11.1 Å². The largest absolute Gasteiger partial charge is 0.389 e. The Morgan fingerprint density at radius 1 is 1.67 bits per heavy atom. The van der Waals surface area contributed by atoms with Crippen LogP contribution in [-0.2, 0) is 9.84 Å². The summed E-state index contributed by atoms with van der Waals surface area (Å²) in [5.74, 6) is 0. The summed E-state index contributed by atoms with van der Waals surface area (Å²) in [6, 6.07) is 1.61. The molecule has 0 aromatic carbocycles. The topological polar surface area (TPSA) is 70.0 Å². The molecule has 0 aliphatic heterocycles. The molecule has 12 heavy (non-hydrogen) atoms. The maximum absolute atomic E-state index is 10.8. The molecule has 0 heterocycles. The molecule has 0 unspecified atom stereocenters. The van der Waals surface area contributed by atoms with E-state index in [0.717, 1.165) is 12.7 Å². The van der Waals surface area contributed by atoms with Gasteiger partial charge in [-0.2, -0.15) is 5.26 Å². The quantitative estimate of drug-likeness (QED) is 0.512. The van der Waals surface area contributed by atoms with Crippen LogP contribution in [-0.4, -0.2) is 21.2 Å². The highest BCUT2D eigenvalue weighted by Gasteiger charge is 2.08. The number of nitriles is 1. The molecule has 0 fully saturated rings. The van der Waals surface area contributed by atoms with Crippen LogP contribution in [0.2, 0.25) is 0 Å². The van der Waals surface area contributed by atoms with Gasteiger partial charge in [0.2, 0.25) is 0 Å². The molecule has 4 nitrogen and oxygen atoms in total. The van der Waals surface area contributed by atoms with Gasteiger partial charge in [-0.05, 0) is 6.42 Å². The zero-order valence-corrected chi connectivity index (χ0v) is 7.98. The van der Waals surface area contributed by atoms with Crippen LogP contribution in [0.5, 0.6) is 0 Å². The summed E-state index contributed by atoms with van der Waals surface area (Å²) in [6.07, 6.45) is 3.13. The second kappa shape index (κ2) is 4.78. The van der Waals surface area contributed by atoms with E-state index in [1.165, 1.54) is 6.20 Å². The van der Waals surface area contributed by atoms with E-state index in [0.29, 0.717) is 6.54 Å². The average Bonchev–Trinajstić information content (AvgIpc) is 1.95. The Morgan fingerprint density at radius 2 is 2.25 bits per heavy atom. The van der Waals surface area contributed by atoms with Crippen molar-refractivity contribution in [1.29, 1.82) is 5.26 Å². The van der Waals surface area contributed by atoms with Crippen molar-refractivity contribution in [3.63, 3.8) is 0 Å². The van der Waals surface area contributed by atoms with Crippen LogP contribution in [0.4, 0.5) is 0 Å². The molecule has 0 saturated carbocycles. The van der Waals surface area contributed by atoms with Crippen molar-refractivity contribution in [1.82, 2.24) is 5.32 Å². The van der Waals surface area contributed by atoms with Crippen LogP contribution in [0.1, 0.15) is 13.3 Å². The molecular formula is C7H12N2O2S. The molecule has 0 atom stereocenters. The van der Waals surface area contributed by atoms with Gasteiger partial charge in [-0.1, -0.05) is 6.92 Å². The van der Waals surface area contributed by atoms with Crippen molar-refractivity contribution < 1.29 is 8.42 Å². The minimum absolute atomic E-state index is 0.226. The Bertz CT molecular complexity index is 298. The number of hydrogen-bond acceptors (Lipinski definition) is 4. The molecule has 0 aromatic heterocycles. The van der Waals surface area contributed by atoms with Gasteiger partial charge in [-0.3, -0.25) is 0 Å². The number of rotatable bonds is 4. The molecule has 0 rings (SSSR count). The fourth-order valence-corrected chi connectivity index (χ4v) is 0.995. The fourth-order valence-electron chi connectivity index (χ4n) is 0.531. The number of hydrogen-bond donors (Lipinski definition) is 1. The summed E-state index contributed by atoms with van der Waals surface area (Å²) in [4.78, 5) is -0.226. The first-order valence-electron chi connectivity index (χ1n) is 3.56. The lowest BCUT2D eigenvalue weighted by Crippen LogP contribution is -2.09. The van der Waals surface area contributed by atoms with E-state index >= 15 is 0 Å². The molecule has 0 aliphatic carbocycles. The molecule has 0 aromatic rings. The monoisotopic (exact) mass is 188 g/mol. The van der Waals surface area contributed by atoms with Crippen molar-refractivity contribution in [2.45, 2.75) is 13.3 Å². The minimum Gasteiger partial charge on any atom is -0.389 e. The normalized spacial score (nSPS) is 12.2. The number of nitrogens with one attached hydrogen (secondary N) is 1. The highest BCUT2D eigenvalue weighted by molar-refractivity contribution is 7.94. The van der Waals surface area contributed by atoms with Crippen molar-refractivity contribution >= 4 is 9.84 Å². The van der Waals surface area contributed by atoms with Gasteiger partial charge >= 0.3 is 0 Å². The average molecular weight is 188 g/mol. The third kappa shape index (κ3) is 3.98. The third-order valence-electron chi connectivity index (χ3n) is 1.14. The molecule has 0 bridgehead atoms. The van der Waals surface area contributed by atoms with Gasteiger partial charge in [0.15, 0.2) is 14.7 Å². The minimum atomic E-state index is -3.36. The van der Waals surface area contributed by atoms with Gasteiger partial charge < -0.3 is 5.32 Å². The van der Waals surface area contributed by atoms with Crippen molar-refractivity contribution in [2.24, 2.45) is 0 Å². The van der Waals surface area contributed by atoms with Gasteiger partial charge in [0, 0.05) is 19.0 Å². The van der Waals surface area contributed by atoms with E-state index in [2.05, 4.69) is 5.32 Å². The van der Waals surface area contributed by atoms with Crippen LogP contribution in [0, 0.1) is 11.3 Å². The lowest BCUT2D eigenvalue weighted by Gasteiger charge is -1.97. The molecule has 68 valence electrons. The van der Waals surface area contributed by atoms with E-state index in [9.17, 15) is 8.42 Å². The molecule has 1 N–H and O–H groups in total. The SMILES string of the molecule is CCCNC=C(C#N)S(C)(=O)=O. The third-order valence-corrected chi connectivity index (χ3v) is 2.15. The Hall–Kier alpha value is -1.02. The number of nitrogens with zero attached hydrogens (tertiary/aromatic N) is 1. The van der Waals surface area contributed by atoms with Gasteiger partial charge in [0.25, 0.3) is 0 Å². The smallest absolute Gasteiger partial charge is 0.186 e. The molecule has 0 aliphatic rings. The Morgan fingerprint density at radius 3 is 2.58 bits per heavy atom. The summed E-state index contributed by atoms with van der Waals surface area (Å²) in [6.45, 7) is 2.62. The van der Waals surface area contributed by atoms with Crippen LogP contribution in [0.25, 0.3) is 0 Å². The summed E-state index contributed by atoms with van der Waals surface area (Å²) in [5, 5.41) is 11.2. The van der Waals surface area contributed by atoms with Crippen molar-refractivity contribution in [3.8, 4) is 6.07 Å². The lowest BCUT2D eigenvalue weighted by molar-refractivity contribution is 0.608. The first-order chi connectivity index (χ1) is 5.52. The second-order valence-electron chi connectivity index (χ2n) is 2.35. The predicted molar refractivity (Wildman–Crippen MR) is 46.8 cm³/mol. The number of allylic oxidation sites excluding steroid dienone is 1. The molecule has 0 spiro atoms. The van der Waals surface area contributed by atoms with Crippen LogP contribution < -0.4 is 5.32 Å². The van der Waals surface area contributed by atoms with E-state index in [-0.39, 0.29) is 4.91 Å². The standard InChI is InChI=1S/C7H12N2O2S/c1-3-4-9-6-7(5-8)12(2,10)11/h6,9H,3-4H2,1-2H3. The molecule has 0 radical (unpaired) electrons. The predicted octanol–water partition coefficient (Wildman–Crippen LogP) is 0.396. The summed E-state index contributed by atoms with van der Waals surface area (Å²) in [7, 11) is -3.36. The van der Waals surface area contributed by atoms with Crippen molar-refractivity contribution in [2.75, 3.05) is 12.8 Å². The zero-order valence-electron chi connectivity index (χ0n) is 7.16. The maximum Gasteiger partial charge on any atom is 0.186 e. The molecule has 0 amide bonds. The Balaban J connectivity index is 4.39. The lowest BCUT2D eigenvalue weighted by atomic mass is 10.5. The van der Waals surface area contributed by atoms with Gasteiger partial charge in [-0.15, -0.1) is 0 Å². The Kier molecular flexibility index (Phi) is 4.37. The number of sulfone groups is 1. The van der Waals surface area contributed by atoms with E-state index in [1.807, 2.05) is 6.92 Å². The zero-order chi connectivity index (χ0) is 9.61. The molecular weight excluding hydrogens is 176 g/mol. The molecule has 5 heteroatoms. The van der Waals surface area contributed by atoms with E-state index in [1.54, 1.807) is 6.07 Å². The second-order valence-corrected chi connectivity index (χ2v) is 4.33. The van der Waals surface area contributed by atoms with E-state index < -0.39 is 9.84 Å². The summed E-state index contributed by atoms with van der Waals surface area (Å²) >= 11 is 0. The highest BCUT2D eigenvalue weighted by atomic mass is 32.2. The molecule has 0 saturated heterocycles. The Labute approximate surface area is 72.8 Å². The summed E-state index contributed by atoms with van der Waals surface area (Å²) < 4.78 is 21.7. The van der Waals surface area contributed by atoms with Crippen LogP contribution in [0.3, 0.4) is 0 Å². The van der Waals surface area contributed by atoms with Crippen LogP contribution in [0.15, 0.2) is 11.1 Å². The maximum atomic E-state index is 10.8. The summed E-state index contributed by atoms with van der Waals surface area (Å²) in [5.41, 5.74) is 0. The highest BCUT2D eigenvalue weighted by Crippen LogP contribution is 1.99. The van der Waals surface area contributed by atoms with Gasteiger partial charge in [-0.25, -0.2) is 8.42 Å².